The maximum absolute atomic E-state index is 5.29. The molecule has 1 aliphatic carbocycles. The molecule has 0 N–H and O–H groups in total. The summed E-state index contributed by atoms with van der Waals surface area (Å²) in [7, 11) is 1.66. The smallest absolute Gasteiger partial charge is 0.216 e. The van der Waals surface area contributed by atoms with Crippen molar-refractivity contribution in [3.05, 3.63) is 24.0 Å². The Hall–Kier alpha value is -1.58. The van der Waals surface area contributed by atoms with Crippen LogP contribution >= 0.6 is 0 Å². The third kappa shape index (κ3) is 1.88. The van der Waals surface area contributed by atoms with E-state index in [0.717, 1.165) is 17.4 Å². The van der Waals surface area contributed by atoms with Crippen LogP contribution in [0.15, 0.2) is 18.2 Å². The molecule has 1 saturated carbocycles. The molecule has 4 heteroatoms. The summed E-state index contributed by atoms with van der Waals surface area (Å²) >= 11 is 0. The van der Waals surface area contributed by atoms with E-state index in [9.17, 15) is 0 Å². The van der Waals surface area contributed by atoms with Gasteiger partial charge in [0, 0.05) is 12.0 Å². The average molecular weight is 231 g/mol. The van der Waals surface area contributed by atoms with Crippen LogP contribution in [0.25, 0.3) is 5.65 Å². The minimum absolute atomic E-state index is 0.536. The highest BCUT2D eigenvalue weighted by Gasteiger charge is 2.20. The second-order valence-electron chi connectivity index (χ2n) is 4.64. The number of methoxy groups -OCH3 is 1. The Morgan fingerprint density at radius 1 is 1.24 bits per heavy atom. The van der Waals surface area contributed by atoms with Gasteiger partial charge < -0.3 is 4.74 Å². The Balaban J connectivity index is 2.00. The molecule has 2 heterocycles. The second-order valence-corrected chi connectivity index (χ2v) is 4.64. The van der Waals surface area contributed by atoms with E-state index in [2.05, 4.69) is 10.1 Å². The molecule has 0 aliphatic heterocycles. The molecule has 2 aromatic heterocycles. The summed E-state index contributed by atoms with van der Waals surface area (Å²) in [6.45, 7) is 0. The molecule has 0 atom stereocenters. The van der Waals surface area contributed by atoms with Gasteiger partial charge in [0.25, 0.3) is 0 Å². The molecule has 1 aliphatic rings. The SMILES string of the molecule is COc1cccc2nc(C3CCCCC3)nn12. The number of nitrogens with zero attached hydrogens (tertiary/aromatic N) is 3. The first-order valence-corrected chi connectivity index (χ1v) is 6.28. The number of rotatable bonds is 2. The van der Waals surface area contributed by atoms with E-state index < -0.39 is 0 Å². The molecule has 0 radical (unpaired) electrons. The van der Waals surface area contributed by atoms with Crippen LogP contribution in [0.2, 0.25) is 0 Å². The van der Waals surface area contributed by atoms with Crippen molar-refractivity contribution < 1.29 is 4.74 Å². The molecule has 0 bridgehead atoms. The number of hydrogen-bond donors (Lipinski definition) is 0. The lowest BCUT2D eigenvalue weighted by Crippen LogP contribution is -2.06. The lowest BCUT2D eigenvalue weighted by atomic mass is 9.89. The van der Waals surface area contributed by atoms with Crippen LogP contribution in [0.3, 0.4) is 0 Å². The van der Waals surface area contributed by atoms with Crippen molar-refractivity contribution in [2.45, 2.75) is 38.0 Å². The predicted octanol–water partition coefficient (Wildman–Crippen LogP) is 2.79. The van der Waals surface area contributed by atoms with Gasteiger partial charge in [0.05, 0.1) is 7.11 Å². The molecule has 0 unspecified atom stereocenters. The van der Waals surface area contributed by atoms with Gasteiger partial charge in [-0.25, -0.2) is 4.98 Å². The first-order chi connectivity index (χ1) is 8.38. The van der Waals surface area contributed by atoms with Crippen molar-refractivity contribution in [2.24, 2.45) is 0 Å². The molecule has 0 spiro atoms. The van der Waals surface area contributed by atoms with E-state index in [0.29, 0.717) is 5.92 Å². The molecular weight excluding hydrogens is 214 g/mol. The van der Waals surface area contributed by atoms with Crippen LogP contribution in [-0.4, -0.2) is 21.7 Å². The minimum Gasteiger partial charge on any atom is -0.481 e. The maximum Gasteiger partial charge on any atom is 0.216 e. The zero-order valence-corrected chi connectivity index (χ0v) is 10.1. The van der Waals surface area contributed by atoms with E-state index >= 15 is 0 Å². The van der Waals surface area contributed by atoms with E-state index in [1.54, 1.807) is 11.6 Å². The van der Waals surface area contributed by atoms with E-state index in [1.165, 1.54) is 32.1 Å². The summed E-state index contributed by atoms with van der Waals surface area (Å²) in [5, 5.41) is 4.59. The van der Waals surface area contributed by atoms with Crippen molar-refractivity contribution in [2.75, 3.05) is 7.11 Å². The number of pyridine rings is 1. The monoisotopic (exact) mass is 231 g/mol. The van der Waals surface area contributed by atoms with Crippen molar-refractivity contribution in [1.82, 2.24) is 14.6 Å². The van der Waals surface area contributed by atoms with Gasteiger partial charge in [0.15, 0.2) is 11.5 Å². The van der Waals surface area contributed by atoms with Gasteiger partial charge in [-0.3, -0.25) is 0 Å². The minimum atomic E-state index is 0.536. The Bertz CT molecular complexity index is 514. The average Bonchev–Trinajstić information content (AvgIpc) is 2.83. The molecule has 4 nitrogen and oxygen atoms in total. The quantitative estimate of drug-likeness (QED) is 0.797. The maximum atomic E-state index is 5.29. The van der Waals surface area contributed by atoms with Crippen molar-refractivity contribution in [1.29, 1.82) is 0 Å². The zero-order valence-electron chi connectivity index (χ0n) is 10.1. The largest absolute Gasteiger partial charge is 0.481 e. The Kier molecular flexibility index (Phi) is 2.71. The highest BCUT2D eigenvalue weighted by molar-refractivity contribution is 5.41. The number of fused-ring (bicyclic) bond motifs is 1. The molecule has 1 fully saturated rings. The van der Waals surface area contributed by atoms with E-state index in [4.69, 9.17) is 4.74 Å². The Morgan fingerprint density at radius 2 is 2.06 bits per heavy atom. The third-order valence-corrected chi connectivity index (χ3v) is 3.52. The molecule has 17 heavy (non-hydrogen) atoms. The highest BCUT2D eigenvalue weighted by Crippen LogP contribution is 2.31. The Labute approximate surface area is 101 Å². The van der Waals surface area contributed by atoms with Gasteiger partial charge in [-0.15, -0.1) is 5.10 Å². The molecule has 90 valence electrons. The number of hydrogen-bond acceptors (Lipinski definition) is 3. The lowest BCUT2D eigenvalue weighted by Gasteiger charge is -2.17. The number of aromatic nitrogens is 3. The van der Waals surface area contributed by atoms with Crippen molar-refractivity contribution in [3.63, 3.8) is 0 Å². The second kappa shape index (κ2) is 4.35. The fourth-order valence-corrected chi connectivity index (χ4v) is 2.59. The van der Waals surface area contributed by atoms with Gasteiger partial charge in [-0.2, -0.15) is 4.52 Å². The molecule has 3 rings (SSSR count). The van der Waals surface area contributed by atoms with Crippen LogP contribution in [0.4, 0.5) is 0 Å². The van der Waals surface area contributed by atoms with Gasteiger partial charge in [-0.05, 0) is 18.9 Å². The molecule has 2 aromatic rings. The zero-order chi connectivity index (χ0) is 11.7. The van der Waals surface area contributed by atoms with Crippen LogP contribution < -0.4 is 4.74 Å². The first-order valence-electron chi connectivity index (χ1n) is 6.28. The molecule has 0 amide bonds. The fraction of sp³-hybridized carbons (Fsp3) is 0.538. The third-order valence-electron chi connectivity index (χ3n) is 3.52. The fourth-order valence-electron chi connectivity index (χ4n) is 2.59. The van der Waals surface area contributed by atoms with E-state index in [1.807, 2.05) is 18.2 Å². The normalized spacial score (nSPS) is 17.5. The van der Waals surface area contributed by atoms with Gasteiger partial charge in [0.1, 0.15) is 0 Å². The highest BCUT2D eigenvalue weighted by atomic mass is 16.5. The van der Waals surface area contributed by atoms with Crippen molar-refractivity contribution in [3.8, 4) is 5.88 Å². The summed E-state index contributed by atoms with van der Waals surface area (Å²) in [6.07, 6.45) is 6.40. The summed E-state index contributed by atoms with van der Waals surface area (Å²) < 4.78 is 7.08. The van der Waals surface area contributed by atoms with Crippen LogP contribution in [-0.2, 0) is 0 Å². The van der Waals surface area contributed by atoms with E-state index in [-0.39, 0.29) is 0 Å². The summed E-state index contributed by atoms with van der Waals surface area (Å²) in [5.41, 5.74) is 0.880. The number of ether oxygens (including phenoxy) is 1. The predicted molar refractivity (Wildman–Crippen MR) is 65.4 cm³/mol. The standard InChI is InChI=1S/C13H17N3O/c1-17-12-9-5-8-11-14-13(15-16(11)12)10-6-3-2-4-7-10/h5,8-10H,2-4,6-7H2,1H3. The first kappa shape index (κ1) is 10.6. The molecule has 0 aromatic carbocycles. The van der Waals surface area contributed by atoms with Gasteiger partial charge in [0.2, 0.25) is 5.88 Å². The summed E-state index contributed by atoms with van der Waals surface area (Å²) in [4.78, 5) is 4.62. The molecule has 0 saturated heterocycles. The Morgan fingerprint density at radius 3 is 2.82 bits per heavy atom. The topological polar surface area (TPSA) is 39.4 Å². The van der Waals surface area contributed by atoms with Crippen LogP contribution in [0.5, 0.6) is 5.88 Å². The lowest BCUT2D eigenvalue weighted by molar-refractivity contribution is 0.382. The molecular formula is C13H17N3O. The van der Waals surface area contributed by atoms with Gasteiger partial charge >= 0.3 is 0 Å². The van der Waals surface area contributed by atoms with Gasteiger partial charge in [-0.1, -0.05) is 25.3 Å². The van der Waals surface area contributed by atoms with Crippen molar-refractivity contribution >= 4 is 5.65 Å². The van der Waals surface area contributed by atoms with Crippen LogP contribution in [0.1, 0.15) is 43.8 Å². The van der Waals surface area contributed by atoms with Crippen LogP contribution in [0, 0.1) is 0 Å². The summed E-state index contributed by atoms with van der Waals surface area (Å²) in [6, 6.07) is 5.83. The summed E-state index contributed by atoms with van der Waals surface area (Å²) in [5.74, 6) is 2.26.